The molecule has 14 nitrogen and oxygen atoms in total. The lowest BCUT2D eigenvalue weighted by molar-refractivity contribution is -0.136. The lowest BCUT2D eigenvalue weighted by atomic mass is 9.83. The molecule has 59 heavy (non-hydrogen) atoms. The monoisotopic (exact) mass is 793 g/mol. The van der Waals surface area contributed by atoms with Gasteiger partial charge in [0.15, 0.2) is 5.82 Å². The molecular formula is C45H47N9O5. The Balaban J connectivity index is 0.710. The van der Waals surface area contributed by atoms with Crippen LogP contribution in [0.1, 0.15) is 70.9 Å². The molecule has 10 rings (SSSR count). The molecule has 2 aromatic heterocycles. The Labute approximate surface area is 341 Å². The first-order chi connectivity index (χ1) is 28.8. The van der Waals surface area contributed by atoms with E-state index < -0.39 is 23.8 Å². The standard InChI is InChI=1S/C45H47N9O5/c46-42-41-36(29-8-13-34(14-9-29)59-33-4-2-1-3-5-33)23-39(54(41)48-27-47-42)30-6-10-31(11-7-30)51-20-18-50(19-21-51)24-28-25-52(26-28)32-12-15-35-37(22-32)45(58)53(44(35)57)38-16-17-40(55)49-43(38)56/h1-5,8-9,12-15,22-23,27-28,30-31,38H,6-7,10-11,16-21,24-26H2,(H2,46,47,48)(H,49,55,56). The minimum Gasteiger partial charge on any atom is -0.457 e. The van der Waals surface area contributed by atoms with Gasteiger partial charge in [0, 0.05) is 87.1 Å². The van der Waals surface area contributed by atoms with Crippen molar-refractivity contribution in [1.29, 1.82) is 0 Å². The van der Waals surface area contributed by atoms with Crippen LogP contribution in [-0.2, 0) is 9.59 Å². The zero-order valence-electron chi connectivity index (χ0n) is 32.8. The van der Waals surface area contributed by atoms with Gasteiger partial charge in [-0.25, -0.2) is 9.50 Å². The fourth-order valence-electron chi connectivity index (χ4n) is 9.90. The number of aromatic nitrogens is 3. The third-order valence-electron chi connectivity index (χ3n) is 13.1. The highest BCUT2D eigenvalue weighted by Crippen LogP contribution is 2.41. The molecule has 1 unspecified atom stereocenters. The SMILES string of the molecule is Nc1ncnn2c(C3CCC(N4CCN(CC5CN(c6ccc7c(c6)C(=O)N(C6CCC(=O)NC6=O)C7=O)C5)CC4)CC3)cc(-c3ccc(Oc4ccccc4)cc3)c12. The van der Waals surface area contributed by atoms with Crippen molar-refractivity contribution >= 4 is 40.7 Å². The van der Waals surface area contributed by atoms with Gasteiger partial charge in [-0.1, -0.05) is 30.3 Å². The van der Waals surface area contributed by atoms with E-state index in [0.29, 0.717) is 34.8 Å². The molecule has 1 saturated carbocycles. The number of nitrogen functional groups attached to an aromatic ring is 1. The van der Waals surface area contributed by atoms with Crippen LogP contribution in [-0.4, -0.2) is 111 Å². The zero-order chi connectivity index (χ0) is 40.2. The summed E-state index contributed by atoms with van der Waals surface area (Å²) in [6, 6.07) is 25.2. The first kappa shape index (κ1) is 37.2. The summed E-state index contributed by atoms with van der Waals surface area (Å²) in [5.41, 5.74) is 12.2. The van der Waals surface area contributed by atoms with Crippen LogP contribution in [0.4, 0.5) is 11.5 Å². The highest BCUT2D eigenvalue weighted by molar-refractivity contribution is 6.23. The molecule has 3 aromatic carbocycles. The Morgan fingerprint density at radius 3 is 2.24 bits per heavy atom. The number of rotatable bonds is 9. The minimum absolute atomic E-state index is 0.103. The molecule has 3 N–H and O–H groups in total. The molecule has 5 aliphatic rings. The van der Waals surface area contributed by atoms with Crippen molar-refractivity contribution in [2.24, 2.45) is 5.92 Å². The van der Waals surface area contributed by atoms with Gasteiger partial charge < -0.3 is 20.3 Å². The first-order valence-corrected chi connectivity index (χ1v) is 20.8. The van der Waals surface area contributed by atoms with Crippen molar-refractivity contribution < 1.29 is 23.9 Å². The maximum absolute atomic E-state index is 13.3. The number of para-hydroxylation sites is 1. The fraction of sp³-hybridized carbons (Fsp3) is 0.378. The Morgan fingerprint density at radius 1 is 0.763 bits per heavy atom. The Morgan fingerprint density at radius 2 is 1.49 bits per heavy atom. The second kappa shape index (κ2) is 15.2. The normalized spacial score (nSPS) is 23.1. The van der Waals surface area contributed by atoms with Crippen molar-refractivity contribution in [3.63, 3.8) is 0 Å². The Hall–Kier alpha value is -6.12. The van der Waals surface area contributed by atoms with E-state index in [1.54, 1.807) is 18.5 Å². The second-order valence-corrected chi connectivity index (χ2v) is 16.6. The molecule has 0 spiro atoms. The van der Waals surface area contributed by atoms with Gasteiger partial charge in [0.1, 0.15) is 29.4 Å². The topological polar surface area (TPSA) is 159 Å². The van der Waals surface area contributed by atoms with E-state index in [1.165, 1.54) is 5.69 Å². The molecule has 14 heteroatoms. The summed E-state index contributed by atoms with van der Waals surface area (Å²) in [5.74, 6) is 1.05. The van der Waals surface area contributed by atoms with Gasteiger partial charge in [-0.2, -0.15) is 5.10 Å². The molecule has 1 aliphatic carbocycles. The number of nitrogens with two attached hydrogens (primary N) is 1. The molecule has 302 valence electrons. The third kappa shape index (κ3) is 6.99. The molecule has 0 bridgehead atoms. The summed E-state index contributed by atoms with van der Waals surface area (Å²) in [7, 11) is 0. The number of hydrogen-bond donors (Lipinski definition) is 2. The lowest BCUT2D eigenvalue weighted by Crippen LogP contribution is -2.56. The number of anilines is 2. The molecule has 1 atom stereocenters. The van der Waals surface area contributed by atoms with Crippen LogP contribution < -0.4 is 20.7 Å². The summed E-state index contributed by atoms with van der Waals surface area (Å²) in [6.45, 7) is 7.08. The van der Waals surface area contributed by atoms with Gasteiger partial charge in [0.2, 0.25) is 11.8 Å². The zero-order valence-corrected chi connectivity index (χ0v) is 32.8. The van der Waals surface area contributed by atoms with Gasteiger partial charge in [-0.05, 0) is 86.2 Å². The van der Waals surface area contributed by atoms with Crippen molar-refractivity contribution in [3.8, 4) is 22.6 Å². The maximum Gasteiger partial charge on any atom is 0.262 e. The summed E-state index contributed by atoms with van der Waals surface area (Å²) < 4.78 is 8.05. The number of nitrogens with zero attached hydrogens (tertiary/aromatic N) is 7. The summed E-state index contributed by atoms with van der Waals surface area (Å²) in [5, 5.41) is 6.94. The van der Waals surface area contributed by atoms with Crippen molar-refractivity contribution in [2.75, 3.05) is 56.4 Å². The number of benzene rings is 3. The van der Waals surface area contributed by atoms with Crippen LogP contribution in [0, 0.1) is 5.92 Å². The number of carbonyl (C=O) groups excluding carboxylic acids is 4. The highest BCUT2D eigenvalue weighted by atomic mass is 16.5. The number of imide groups is 2. The van der Waals surface area contributed by atoms with Crippen LogP contribution in [0.3, 0.4) is 0 Å². The summed E-state index contributed by atoms with van der Waals surface area (Å²) >= 11 is 0. The van der Waals surface area contributed by atoms with E-state index in [0.717, 1.165) is 110 Å². The van der Waals surface area contributed by atoms with E-state index in [9.17, 15) is 19.2 Å². The fourth-order valence-corrected chi connectivity index (χ4v) is 9.90. The molecule has 4 aliphatic heterocycles. The number of fused-ring (bicyclic) bond motifs is 2. The Kier molecular flexibility index (Phi) is 9.60. The quantitative estimate of drug-likeness (QED) is 0.195. The number of nitrogens with one attached hydrogen (secondary N) is 1. The van der Waals surface area contributed by atoms with Gasteiger partial charge >= 0.3 is 0 Å². The lowest BCUT2D eigenvalue weighted by Gasteiger charge is -2.46. The molecule has 4 amide bonds. The number of amides is 4. The minimum atomic E-state index is -0.958. The van der Waals surface area contributed by atoms with Crippen molar-refractivity contribution in [2.45, 2.75) is 56.5 Å². The average Bonchev–Trinajstić information content (AvgIpc) is 3.75. The second-order valence-electron chi connectivity index (χ2n) is 16.6. The molecule has 0 radical (unpaired) electrons. The van der Waals surface area contributed by atoms with E-state index >= 15 is 0 Å². The van der Waals surface area contributed by atoms with E-state index in [2.05, 4.69) is 48.3 Å². The smallest absolute Gasteiger partial charge is 0.262 e. The van der Waals surface area contributed by atoms with Crippen LogP contribution in [0.25, 0.3) is 16.6 Å². The maximum atomic E-state index is 13.3. The molecular weight excluding hydrogens is 747 g/mol. The van der Waals surface area contributed by atoms with Gasteiger partial charge in [-0.3, -0.25) is 34.3 Å². The van der Waals surface area contributed by atoms with Gasteiger partial charge in [0.25, 0.3) is 11.8 Å². The van der Waals surface area contributed by atoms with Crippen LogP contribution >= 0.6 is 0 Å². The summed E-state index contributed by atoms with van der Waals surface area (Å²) in [6.07, 6.45) is 6.30. The average molecular weight is 794 g/mol. The number of ether oxygens (including phenoxy) is 1. The number of piperazine rings is 1. The predicted octanol–water partition coefficient (Wildman–Crippen LogP) is 4.95. The molecule has 5 aromatic rings. The number of hydrogen-bond acceptors (Lipinski definition) is 11. The predicted molar refractivity (Wildman–Crippen MR) is 221 cm³/mol. The highest BCUT2D eigenvalue weighted by Gasteiger charge is 2.45. The van der Waals surface area contributed by atoms with Crippen LogP contribution in [0.5, 0.6) is 11.5 Å². The molecule has 4 fully saturated rings. The number of carbonyl (C=O) groups is 4. The van der Waals surface area contributed by atoms with Crippen molar-refractivity contribution in [3.05, 3.63) is 102 Å². The van der Waals surface area contributed by atoms with Crippen molar-refractivity contribution in [1.82, 2.24) is 34.6 Å². The summed E-state index contributed by atoms with van der Waals surface area (Å²) in [4.78, 5) is 63.4. The third-order valence-corrected chi connectivity index (χ3v) is 13.1. The van der Waals surface area contributed by atoms with E-state index in [4.69, 9.17) is 10.5 Å². The molecule has 6 heterocycles. The largest absolute Gasteiger partial charge is 0.457 e. The Bertz CT molecular complexity index is 2430. The van der Waals surface area contributed by atoms with E-state index in [1.807, 2.05) is 53.0 Å². The molecule has 3 saturated heterocycles. The van der Waals surface area contributed by atoms with Crippen LogP contribution in [0.15, 0.2) is 85.2 Å². The van der Waals surface area contributed by atoms with Gasteiger partial charge in [0.05, 0.1) is 11.1 Å². The van der Waals surface area contributed by atoms with Gasteiger partial charge in [-0.15, -0.1) is 0 Å². The van der Waals surface area contributed by atoms with E-state index in [-0.39, 0.29) is 18.7 Å². The van der Waals surface area contributed by atoms with Crippen LogP contribution in [0.2, 0.25) is 0 Å². The number of piperidine rings is 1. The first-order valence-electron chi connectivity index (χ1n) is 20.8.